The van der Waals surface area contributed by atoms with E-state index >= 15 is 0 Å². The molecule has 1 heterocycles. The molecule has 0 amide bonds. The van der Waals surface area contributed by atoms with E-state index in [1.807, 2.05) is 0 Å². The monoisotopic (exact) mass is 172 g/mol. The summed E-state index contributed by atoms with van der Waals surface area (Å²) in [5, 5.41) is 10.3. The molecule has 0 aliphatic rings. The van der Waals surface area contributed by atoms with Gasteiger partial charge in [0.05, 0.1) is 7.11 Å². The molecule has 0 unspecified atom stereocenters. The molecule has 0 radical (unpaired) electrons. The van der Waals surface area contributed by atoms with Gasteiger partial charge in [-0.15, -0.1) is 0 Å². The minimum Gasteiger partial charge on any atom is -0.358 e. The van der Waals surface area contributed by atoms with Crippen LogP contribution >= 0.6 is 0 Å². The van der Waals surface area contributed by atoms with Crippen molar-refractivity contribution in [3.63, 3.8) is 0 Å². The van der Waals surface area contributed by atoms with Gasteiger partial charge in [-0.2, -0.15) is 0 Å². The predicted octanol–water partition coefficient (Wildman–Crippen LogP) is 0.302. The van der Waals surface area contributed by atoms with Gasteiger partial charge in [-0.05, 0) is 9.91 Å². The van der Waals surface area contributed by atoms with Gasteiger partial charge in [0, 0.05) is 7.05 Å². The fourth-order valence-corrected chi connectivity index (χ4v) is 0.766. The summed E-state index contributed by atoms with van der Waals surface area (Å²) in [5.41, 5.74) is 2.36. The summed E-state index contributed by atoms with van der Waals surface area (Å²) in [6.07, 6.45) is 1.33. The van der Waals surface area contributed by atoms with Crippen LogP contribution in [0.1, 0.15) is 0 Å². The molecule has 1 N–H and O–H groups in total. The van der Waals surface area contributed by atoms with Crippen LogP contribution in [0.25, 0.3) is 0 Å². The third-order valence-electron chi connectivity index (χ3n) is 1.29. The summed E-state index contributed by atoms with van der Waals surface area (Å²) in [4.78, 5) is 17.9. The van der Waals surface area contributed by atoms with Crippen molar-refractivity contribution in [1.82, 2.24) is 9.55 Å². The summed E-state index contributed by atoms with van der Waals surface area (Å²) in [5.74, 6) is -0.0261. The third-order valence-corrected chi connectivity index (χ3v) is 1.29. The molecule has 1 aromatic rings. The number of nitrogens with zero attached hydrogens (tertiary/aromatic N) is 3. The molecule has 7 nitrogen and oxygen atoms in total. The first kappa shape index (κ1) is 8.47. The Hall–Kier alpha value is -1.63. The molecule has 0 spiro atoms. The topological polar surface area (TPSA) is 82.2 Å². The van der Waals surface area contributed by atoms with E-state index in [9.17, 15) is 10.1 Å². The number of nitrogens with one attached hydrogen (secondary N) is 1. The Morgan fingerprint density at radius 1 is 1.83 bits per heavy atom. The number of anilines is 1. The number of hydrogen-bond acceptors (Lipinski definition) is 5. The Kier molecular flexibility index (Phi) is 2.24. The van der Waals surface area contributed by atoms with Crippen molar-refractivity contribution in [2.24, 2.45) is 7.05 Å². The highest BCUT2D eigenvalue weighted by Crippen LogP contribution is 2.20. The second-order valence-electron chi connectivity index (χ2n) is 2.09. The average Bonchev–Trinajstić information content (AvgIpc) is 2.34. The average molecular weight is 172 g/mol. The Morgan fingerprint density at radius 3 is 3.00 bits per heavy atom. The van der Waals surface area contributed by atoms with E-state index in [4.69, 9.17) is 0 Å². The van der Waals surface area contributed by atoms with Crippen LogP contribution < -0.4 is 5.48 Å². The van der Waals surface area contributed by atoms with E-state index in [-0.39, 0.29) is 11.6 Å². The van der Waals surface area contributed by atoms with Gasteiger partial charge in [-0.25, -0.2) is 5.48 Å². The lowest BCUT2D eigenvalue weighted by molar-refractivity contribution is -0.388. The first-order chi connectivity index (χ1) is 5.66. The number of aryl methyl sites for hydroxylation is 1. The van der Waals surface area contributed by atoms with Crippen molar-refractivity contribution in [3.8, 4) is 0 Å². The van der Waals surface area contributed by atoms with Crippen molar-refractivity contribution >= 4 is 11.6 Å². The largest absolute Gasteiger partial charge is 0.408 e. The van der Waals surface area contributed by atoms with E-state index in [0.717, 1.165) is 0 Å². The van der Waals surface area contributed by atoms with E-state index in [2.05, 4.69) is 15.3 Å². The van der Waals surface area contributed by atoms with Gasteiger partial charge in [0.1, 0.15) is 0 Å². The molecule has 0 bridgehead atoms. The van der Waals surface area contributed by atoms with Crippen molar-refractivity contribution in [2.75, 3.05) is 12.6 Å². The van der Waals surface area contributed by atoms with Crippen LogP contribution in [-0.4, -0.2) is 21.6 Å². The van der Waals surface area contributed by atoms with Gasteiger partial charge in [0.25, 0.3) is 0 Å². The summed E-state index contributed by atoms with van der Waals surface area (Å²) < 4.78 is 1.46. The highest BCUT2D eigenvalue weighted by atomic mass is 16.6. The number of hydrogen-bond donors (Lipinski definition) is 1. The van der Waals surface area contributed by atoms with Crippen LogP contribution in [0.2, 0.25) is 0 Å². The molecule has 0 saturated carbocycles. The third kappa shape index (κ3) is 1.35. The molecule has 0 aliphatic heterocycles. The summed E-state index contributed by atoms with van der Waals surface area (Å²) in [6.45, 7) is 0. The standard InChI is InChI=1S/C5H8N4O3/c1-8-3-6-4(9(10)11)5(8)7-12-2/h3,7H,1-2H3. The maximum atomic E-state index is 10.3. The molecule has 0 fully saturated rings. The second-order valence-corrected chi connectivity index (χ2v) is 2.09. The smallest absolute Gasteiger partial charge is 0.358 e. The summed E-state index contributed by atoms with van der Waals surface area (Å²) in [6, 6.07) is 0. The van der Waals surface area contributed by atoms with Gasteiger partial charge in [0.15, 0.2) is 0 Å². The van der Waals surface area contributed by atoms with Crippen LogP contribution in [0.4, 0.5) is 11.6 Å². The lowest BCUT2D eigenvalue weighted by atomic mass is 10.6. The van der Waals surface area contributed by atoms with Crippen molar-refractivity contribution < 1.29 is 9.76 Å². The zero-order chi connectivity index (χ0) is 9.14. The Balaban J connectivity index is 3.03. The highest BCUT2D eigenvalue weighted by molar-refractivity contribution is 5.50. The zero-order valence-corrected chi connectivity index (χ0v) is 6.64. The van der Waals surface area contributed by atoms with E-state index in [1.54, 1.807) is 7.05 Å². The molecule has 0 aliphatic carbocycles. The molecule has 0 saturated heterocycles. The molecular weight excluding hydrogens is 164 g/mol. The molecule has 0 aromatic carbocycles. The second kappa shape index (κ2) is 3.18. The maximum Gasteiger partial charge on any atom is 0.408 e. The maximum absolute atomic E-state index is 10.3. The van der Waals surface area contributed by atoms with Crippen molar-refractivity contribution in [3.05, 3.63) is 16.4 Å². The number of nitro groups is 1. The lowest BCUT2D eigenvalue weighted by Gasteiger charge is -2.01. The normalized spacial score (nSPS) is 9.83. The van der Waals surface area contributed by atoms with Gasteiger partial charge in [0.2, 0.25) is 12.1 Å². The molecule has 7 heteroatoms. The molecule has 12 heavy (non-hydrogen) atoms. The van der Waals surface area contributed by atoms with Crippen molar-refractivity contribution in [2.45, 2.75) is 0 Å². The first-order valence-electron chi connectivity index (χ1n) is 3.11. The SMILES string of the molecule is CONc1c([N+](=O)[O-])ncn1C. The molecule has 66 valence electrons. The number of imidazole rings is 1. The number of rotatable bonds is 3. The Morgan fingerprint density at radius 2 is 2.50 bits per heavy atom. The van der Waals surface area contributed by atoms with Crippen LogP contribution in [0.5, 0.6) is 0 Å². The van der Waals surface area contributed by atoms with E-state index in [0.29, 0.717) is 0 Å². The van der Waals surface area contributed by atoms with Crippen LogP contribution in [0, 0.1) is 10.1 Å². The van der Waals surface area contributed by atoms with Crippen molar-refractivity contribution in [1.29, 1.82) is 0 Å². The fourth-order valence-electron chi connectivity index (χ4n) is 0.766. The highest BCUT2D eigenvalue weighted by Gasteiger charge is 2.19. The summed E-state index contributed by atoms with van der Waals surface area (Å²) >= 11 is 0. The fraction of sp³-hybridized carbons (Fsp3) is 0.400. The molecule has 1 aromatic heterocycles. The van der Waals surface area contributed by atoms with Crippen LogP contribution in [0.15, 0.2) is 6.33 Å². The Labute approximate surface area is 68.1 Å². The van der Waals surface area contributed by atoms with Crippen LogP contribution in [0.3, 0.4) is 0 Å². The van der Waals surface area contributed by atoms with Gasteiger partial charge in [-0.3, -0.25) is 9.40 Å². The quantitative estimate of drug-likeness (QED) is 0.523. The van der Waals surface area contributed by atoms with Gasteiger partial charge < -0.3 is 10.1 Å². The summed E-state index contributed by atoms with van der Waals surface area (Å²) in [7, 11) is 3.00. The zero-order valence-electron chi connectivity index (χ0n) is 6.64. The predicted molar refractivity (Wildman–Crippen MR) is 40.5 cm³/mol. The first-order valence-corrected chi connectivity index (χ1v) is 3.11. The molecule has 0 atom stereocenters. The number of aromatic nitrogens is 2. The van der Waals surface area contributed by atoms with E-state index < -0.39 is 4.92 Å². The Bertz CT molecular complexity index is 295. The lowest BCUT2D eigenvalue weighted by Crippen LogP contribution is -2.03. The minimum atomic E-state index is -0.582. The van der Waals surface area contributed by atoms with Gasteiger partial charge >= 0.3 is 5.82 Å². The van der Waals surface area contributed by atoms with Crippen LogP contribution in [-0.2, 0) is 11.9 Å². The molecular formula is C5H8N4O3. The molecule has 1 rings (SSSR count). The van der Waals surface area contributed by atoms with E-state index in [1.165, 1.54) is 18.0 Å². The van der Waals surface area contributed by atoms with Gasteiger partial charge in [-0.1, -0.05) is 0 Å². The minimum absolute atomic E-state index is 0.225.